The quantitative estimate of drug-likeness (QED) is 0.603. The van der Waals surface area contributed by atoms with E-state index in [1.807, 2.05) is 24.3 Å². The first kappa shape index (κ1) is 14.0. The van der Waals surface area contributed by atoms with Crippen LogP contribution < -0.4 is 10.6 Å². The summed E-state index contributed by atoms with van der Waals surface area (Å²) in [4.78, 5) is 12.3. The van der Waals surface area contributed by atoms with Gasteiger partial charge in [0.15, 0.2) is 0 Å². The van der Waals surface area contributed by atoms with Gasteiger partial charge in [-0.05, 0) is 18.1 Å². The predicted molar refractivity (Wildman–Crippen MR) is 71.6 cm³/mol. The van der Waals surface area contributed by atoms with Crippen LogP contribution in [0.15, 0.2) is 24.3 Å². The monoisotopic (exact) mass is 264 g/mol. The second kappa shape index (κ2) is 5.69. The molecule has 19 heavy (non-hydrogen) atoms. The van der Waals surface area contributed by atoms with Gasteiger partial charge < -0.3 is 20.8 Å². The Balaban J connectivity index is 2.17. The Morgan fingerprint density at radius 1 is 1.42 bits per heavy atom. The van der Waals surface area contributed by atoms with Gasteiger partial charge in [-0.25, -0.2) is 0 Å². The van der Waals surface area contributed by atoms with Crippen molar-refractivity contribution in [2.45, 2.75) is 24.9 Å². The second-order valence-electron chi connectivity index (χ2n) is 5.25. The maximum atomic E-state index is 12.3. The summed E-state index contributed by atoms with van der Waals surface area (Å²) in [5, 5.41) is 24.4. The number of rotatable bonds is 4. The molecule has 5 nitrogen and oxygen atoms in total. The molecule has 1 amide bonds. The molecule has 0 spiro atoms. The fourth-order valence-electron chi connectivity index (χ4n) is 2.24. The number of aliphatic hydroxyl groups excluding tert-OH is 2. The number of amides is 1. The molecule has 0 radical (unpaired) electrons. The van der Waals surface area contributed by atoms with Crippen LogP contribution in [0.25, 0.3) is 0 Å². The molecular formula is C14H20N2O3. The maximum Gasteiger partial charge on any atom is 0.229 e. The van der Waals surface area contributed by atoms with Crippen LogP contribution in [0.4, 0.5) is 0 Å². The van der Waals surface area contributed by atoms with Gasteiger partial charge in [0.2, 0.25) is 5.91 Å². The summed E-state index contributed by atoms with van der Waals surface area (Å²) in [6, 6.07) is 7.82. The van der Waals surface area contributed by atoms with Crippen LogP contribution in [0, 0.1) is 0 Å². The molecule has 1 aromatic rings. The van der Waals surface area contributed by atoms with Gasteiger partial charge in [-0.1, -0.05) is 24.3 Å². The minimum absolute atomic E-state index is 0.176. The summed E-state index contributed by atoms with van der Waals surface area (Å²) in [6.45, 7) is 2.36. The molecule has 0 fully saturated rings. The van der Waals surface area contributed by atoms with Crippen molar-refractivity contribution in [1.29, 1.82) is 0 Å². The minimum Gasteiger partial charge on any atom is -0.394 e. The number of fused-ring (bicyclic) bond motifs is 1. The normalized spacial score (nSPS) is 18.8. The summed E-state index contributed by atoms with van der Waals surface area (Å²) in [5.41, 5.74) is 1.14. The first-order valence-corrected chi connectivity index (χ1v) is 6.42. The average Bonchev–Trinajstić information content (AvgIpc) is 2.46. The van der Waals surface area contributed by atoms with Gasteiger partial charge in [0.05, 0.1) is 24.7 Å². The van der Waals surface area contributed by atoms with Gasteiger partial charge >= 0.3 is 0 Å². The first-order valence-electron chi connectivity index (χ1n) is 6.42. The first-order chi connectivity index (χ1) is 9.09. The number of hydrogen-bond donors (Lipinski definition) is 4. The summed E-state index contributed by atoms with van der Waals surface area (Å²) < 4.78 is 0. The molecule has 104 valence electrons. The van der Waals surface area contributed by atoms with Gasteiger partial charge in [0.25, 0.3) is 0 Å². The standard InChI is InChI=1S/C14H20N2O3/c1-14(8-17,9-18)16-13(19)12-7-15-6-10-4-2-3-5-11(10)12/h2-5,12,15,17-18H,6-9H2,1H3,(H,16,19). The highest BCUT2D eigenvalue weighted by Gasteiger charge is 2.31. The molecule has 4 N–H and O–H groups in total. The molecule has 0 bridgehead atoms. The van der Waals surface area contributed by atoms with Crippen molar-refractivity contribution in [2.75, 3.05) is 19.8 Å². The predicted octanol–water partition coefficient (Wildman–Crippen LogP) is -0.267. The third kappa shape index (κ3) is 2.94. The molecular weight excluding hydrogens is 244 g/mol. The van der Waals surface area contributed by atoms with Crippen molar-refractivity contribution in [3.63, 3.8) is 0 Å². The largest absolute Gasteiger partial charge is 0.394 e. The maximum absolute atomic E-state index is 12.3. The highest BCUT2D eigenvalue weighted by molar-refractivity contribution is 5.85. The molecule has 1 aliphatic rings. The molecule has 5 heteroatoms. The molecule has 0 saturated heterocycles. The average molecular weight is 264 g/mol. The molecule has 1 unspecified atom stereocenters. The van der Waals surface area contributed by atoms with Crippen molar-refractivity contribution in [3.8, 4) is 0 Å². The van der Waals surface area contributed by atoms with E-state index in [4.69, 9.17) is 0 Å². The van der Waals surface area contributed by atoms with E-state index in [1.165, 1.54) is 0 Å². The van der Waals surface area contributed by atoms with Crippen molar-refractivity contribution in [2.24, 2.45) is 0 Å². The Kier molecular flexibility index (Phi) is 4.19. The molecule has 1 aliphatic heterocycles. The molecule has 1 aromatic carbocycles. The Bertz CT molecular complexity index is 458. The number of carbonyl (C=O) groups excluding carboxylic acids is 1. The van der Waals surface area contributed by atoms with E-state index >= 15 is 0 Å². The van der Waals surface area contributed by atoms with Gasteiger partial charge in [-0.3, -0.25) is 4.79 Å². The van der Waals surface area contributed by atoms with E-state index in [2.05, 4.69) is 10.6 Å². The van der Waals surface area contributed by atoms with Gasteiger partial charge in [-0.2, -0.15) is 0 Å². The Hall–Kier alpha value is -1.43. The third-order valence-corrected chi connectivity index (χ3v) is 3.53. The lowest BCUT2D eigenvalue weighted by Gasteiger charge is -2.31. The topological polar surface area (TPSA) is 81.6 Å². The SMILES string of the molecule is CC(CO)(CO)NC(=O)C1CNCc2ccccc21. The molecule has 1 heterocycles. The van der Waals surface area contributed by atoms with E-state index in [9.17, 15) is 15.0 Å². The summed E-state index contributed by atoms with van der Waals surface area (Å²) in [6.07, 6.45) is 0. The summed E-state index contributed by atoms with van der Waals surface area (Å²) in [7, 11) is 0. The third-order valence-electron chi connectivity index (χ3n) is 3.53. The Labute approximate surface area is 112 Å². The smallest absolute Gasteiger partial charge is 0.229 e. The zero-order chi connectivity index (χ0) is 13.9. The second-order valence-corrected chi connectivity index (χ2v) is 5.25. The van der Waals surface area contributed by atoms with Crippen molar-refractivity contribution in [3.05, 3.63) is 35.4 Å². The van der Waals surface area contributed by atoms with E-state index in [0.717, 1.165) is 17.7 Å². The van der Waals surface area contributed by atoms with Crippen LogP contribution in [0.1, 0.15) is 24.0 Å². The van der Waals surface area contributed by atoms with Gasteiger partial charge in [0.1, 0.15) is 0 Å². The number of nitrogens with one attached hydrogen (secondary N) is 2. The number of carbonyl (C=O) groups is 1. The summed E-state index contributed by atoms with van der Waals surface area (Å²) in [5.74, 6) is -0.465. The Morgan fingerprint density at radius 2 is 2.11 bits per heavy atom. The van der Waals surface area contributed by atoms with Crippen LogP contribution >= 0.6 is 0 Å². The molecule has 1 atom stereocenters. The van der Waals surface area contributed by atoms with E-state index in [0.29, 0.717) is 6.54 Å². The number of hydrogen-bond acceptors (Lipinski definition) is 4. The van der Waals surface area contributed by atoms with Crippen LogP contribution in [0.5, 0.6) is 0 Å². The number of aliphatic hydroxyl groups is 2. The van der Waals surface area contributed by atoms with E-state index < -0.39 is 5.54 Å². The zero-order valence-corrected chi connectivity index (χ0v) is 11.0. The highest BCUT2D eigenvalue weighted by atomic mass is 16.3. The lowest BCUT2D eigenvalue weighted by molar-refractivity contribution is -0.125. The molecule has 0 aromatic heterocycles. The zero-order valence-electron chi connectivity index (χ0n) is 11.0. The lowest BCUT2D eigenvalue weighted by Crippen LogP contribution is -2.54. The van der Waals surface area contributed by atoms with Crippen LogP contribution in [-0.2, 0) is 11.3 Å². The molecule has 0 aliphatic carbocycles. The Morgan fingerprint density at radius 3 is 2.79 bits per heavy atom. The van der Waals surface area contributed by atoms with Crippen molar-refractivity contribution in [1.82, 2.24) is 10.6 Å². The molecule has 0 saturated carbocycles. The summed E-state index contributed by atoms with van der Waals surface area (Å²) >= 11 is 0. The fourth-order valence-corrected chi connectivity index (χ4v) is 2.24. The van der Waals surface area contributed by atoms with Crippen molar-refractivity contribution >= 4 is 5.91 Å². The number of benzene rings is 1. The van der Waals surface area contributed by atoms with E-state index in [-0.39, 0.29) is 25.0 Å². The lowest BCUT2D eigenvalue weighted by atomic mass is 9.89. The van der Waals surface area contributed by atoms with Crippen LogP contribution in [0.2, 0.25) is 0 Å². The van der Waals surface area contributed by atoms with E-state index in [1.54, 1.807) is 6.92 Å². The molecule has 2 rings (SSSR count). The fraction of sp³-hybridized carbons (Fsp3) is 0.500. The van der Waals surface area contributed by atoms with Crippen molar-refractivity contribution < 1.29 is 15.0 Å². The van der Waals surface area contributed by atoms with Crippen LogP contribution in [0.3, 0.4) is 0 Å². The van der Waals surface area contributed by atoms with Gasteiger partial charge in [0, 0.05) is 13.1 Å². The van der Waals surface area contributed by atoms with Crippen LogP contribution in [-0.4, -0.2) is 41.4 Å². The minimum atomic E-state index is -0.983. The van der Waals surface area contributed by atoms with Gasteiger partial charge in [-0.15, -0.1) is 0 Å². The highest BCUT2D eigenvalue weighted by Crippen LogP contribution is 2.24.